The van der Waals surface area contributed by atoms with E-state index < -0.39 is 12.0 Å². The molecule has 20 heavy (non-hydrogen) atoms. The Kier molecular flexibility index (Phi) is 4.66. The van der Waals surface area contributed by atoms with Crippen LogP contribution in [0.5, 0.6) is 0 Å². The van der Waals surface area contributed by atoms with Gasteiger partial charge in [0.15, 0.2) is 0 Å². The molecular weight excluding hydrogens is 284 g/mol. The maximum atomic E-state index is 11.5. The molecule has 0 atom stereocenters. The van der Waals surface area contributed by atoms with Crippen molar-refractivity contribution < 1.29 is 18.7 Å². The van der Waals surface area contributed by atoms with E-state index in [2.05, 4.69) is 20.8 Å². The van der Waals surface area contributed by atoms with Crippen LogP contribution in [-0.2, 0) is 11.3 Å². The van der Waals surface area contributed by atoms with Gasteiger partial charge in [-0.05, 0) is 19.1 Å². The van der Waals surface area contributed by atoms with Gasteiger partial charge in [0, 0.05) is 0 Å². The minimum absolute atomic E-state index is 0.105. The molecule has 0 aliphatic rings. The summed E-state index contributed by atoms with van der Waals surface area (Å²) >= 11 is 1.21. The number of nitrogens with zero attached hydrogens (tertiary/aromatic N) is 2. The van der Waals surface area contributed by atoms with E-state index in [4.69, 9.17) is 9.15 Å². The first kappa shape index (κ1) is 14.0. The molecule has 2 N–H and O–H groups in total. The monoisotopic (exact) mass is 296 g/mol. The van der Waals surface area contributed by atoms with Crippen molar-refractivity contribution >= 4 is 28.5 Å². The van der Waals surface area contributed by atoms with Gasteiger partial charge >= 0.3 is 12.0 Å². The first-order chi connectivity index (χ1) is 9.69. The van der Waals surface area contributed by atoms with Crippen LogP contribution in [0.4, 0.5) is 9.93 Å². The Labute approximate surface area is 118 Å². The van der Waals surface area contributed by atoms with E-state index in [1.165, 1.54) is 22.9 Å². The standard InChI is InChI=1S/C11H12N4O4S/c1-2-18-9(16)8-4-3-7(19-8)5-12-10(17)14-11-15-13-6-20-11/h3-4,6H,2,5H2,1H3,(H2,12,14,15,17). The number of amides is 2. The highest BCUT2D eigenvalue weighted by Gasteiger charge is 2.12. The van der Waals surface area contributed by atoms with E-state index in [-0.39, 0.29) is 18.9 Å². The molecule has 0 unspecified atom stereocenters. The fourth-order valence-corrected chi connectivity index (χ4v) is 1.76. The van der Waals surface area contributed by atoms with Crippen molar-refractivity contribution in [1.82, 2.24) is 15.5 Å². The number of hydrogen-bond donors (Lipinski definition) is 2. The number of anilines is 1. The number of esters is 1. The summed E-state index contributed by atoms with van der Waals surface area (Å²) in [5, 5.41) is 12.7. The molecule has 0 spiro atoms. The van der Waals surface area contributed by atoms with Crippen LogP contribution >= 0.6 is 11.3 Å². The fourth-order valence-electron chi connectivity index (χ4n) is 1.32. The van der Waals surface area contributed by atoms with Gasteiger partial charge in [-0.15, -0.1) is 10.2 Å². The lowest BCUT2D eigenvalue weighted by Gasteiger charge is -2.02. The highest BCUT2D eigenvalue weighted by Crippen LogP contribution is 2.10. The molecule has 2 amide bonds. The molecule has 0 radical (unpaired) electrons. The quantitative estimate of drug-likeness (QED) is 0.812. The highest BCUT2D eigenvalue weighted by atomic mass is 32.1. The molecule has 9 heteroatoms. The van der Waals surface area contributed by atoms with E-state index in [9.17, 15) is 9.59 Å². The minimum atomic E-state index is -0.530. The molecule has 0 aromatic carbocycles. The van der Waals surface area contributed by atoms with Crippen LogP contribution in [0.3, 0.4) is 0 Å². The summed E-state index contributed by atoms with van der Waals surface area (Å²) in [6.45, 7) is 2.13. The van der Waals surface area contributed by atoms with E-state index >= 15 is 0 Å². The number of hydrogen-bond acceptors (Lipinski definition) is 7. The van der Waals surface area contributed by atoms with Crippen LogP contribution < -0.4 is 10.6 Å². The third-order valence-electron chi connectivity index (χ3n) is 2.14. The Hall–Kier alpha value is -2.42. The predicted octanol–water partition coefficient (Wildman–Crippen LogP) is 1.63. The van der Waals surface area contributed by atoms with E-state index in [1.54, 1.807) is 13.0 Å². The molecule has 2 rings (SSSR count). The molecule has 0 aliphatic carbocycles. The second-order valence-corrected chi connectivity index (χ2v) is 4.37. The zero-order chi connectivity index (χ0) is 14.4. The van der Waals surface area contributed by atoms with Gasteiger partial charge in [-0.2, -0.15) is 0 Å². The molecule has 0 saturated heterocycles. The normalized spacial score (nSPS) is 10.1. The van der Waals surface area contributed by atoms with Gasteiger partial charge in [0.05, 0.1) is 13.2 Å². The van der Waals surface area contributed by atoms with Gasteiger partial charge in [0.1, 0.15) is 11.3 Å². The van der Waals surface area contributed by atoms with Crippen LogP contribution in [-0.4, -0.2) is 28.8 Å². The second-order valence-electron chi connectivity index (χ2n) is 3.54. The fraction of sp³-hybridized carbons (Fsp3) is 0.273. The van der Waals surface area contributed by atoms with E-state index in [0.29, 0.717) is 10.9 Å². The van der Waals surface area contributed by atoms with Gasteiger partial charge in [-0.25, -0.2) is 9.59 Å². The number of carbonyl (C=O) groups is 2. The molecule has 0 fully saturated rings. The lowest BCUT2D eigenvalue weighted by Crippen LogP contribution is -2.27. The highest BCUT2D eigenvalue weighted by molar-refractivity contribution is 7.13. The lowest BCUT2D eigenvalue weighted by atomic mass is 10.4. The van der Waals surface area contributed by atoms with Gasteiger partial charge in [-0.1, -0.05) is 11.3 Å². The summed E-state index contributed by atoms with van der Waals surface area (Å²) < 4.78 is 10.0. The maximum Gasteiger partial charge on any atom is 0.374 e. The number of ether oxygens (including phenoxy) is 1. The first-order valence-electron chi connectivity index (χ1n) is 5.76. The van der Waals surface area contributed by atoms with Crippen LogP contribution in [0, 0.1) is 0 Å². The molecular formula is C11H12N4O4S. The molecule has 8 nitrogen and oxygen atoms in total. The summed E-state index contributed by atoms with van der Waals surface area (Å²) in [5.74, 6) is 0.0192. The predicted molar refractivity (Wildman–Crippen MR) is 70.4 cm³/mol. The largest absolute Gasteiger partial charge is 0.460 e. The zero-order valence-electron chi connectivity index (χ0n) is 10.6. The molecule has 0 bridgehead atoms. The summed E-state index contributed by atoms with van der Waals surface area (Å²) in [7, 11) is 0. The van der Waals surface area contributed by atoms with Gasteiger partial charge in [0.2, 0.25) is 10.9 Å². The zero-order valence-corrected chi connectivity index (χ0v) is 11.4. The van der Waals surface area contributed by atoms with Crippen molar-refractivity contribution in [1.29, 1.82) is 0 Å². The molecule has 2 heterocycles. The topological polar surface area (TPSA) is 106 Å². The number of carbonyl (C=O) groups excluding carboxylic acids is 2. The number of urea groups is 1. The molecule has 0 saturated carbocycles. The van der Waals surface area contributed by atoms with Crippen LogP contribution in [0.25, 0.3) is 0 Å². The summed E-state index contributed by atoms with van der Waals surface area (Å²) in [5.41, 5.74) is 1.51. The van der Waals surface area contributed by atoms with Crippen LogP contribution in [0.15, 0.2) is 22.1 Å². The van der Waals surface area contributed by atoms with Crippen molar-refractivity contribution in [3.05, 3.63) is 29.2 Å². The van der Waals surface area contributed by atoms with Gasteiger partial charge in [0.25, 0.3) is 0 Å². The van der Waals surface area contributed by atoms with Crippen molar-refractivity contribution in [3.8, 4) is 0 Å². The maximum absolute atomic E-state index is 11.5. The summed E-state index contributed by atoms with van der Waals surface area (Å²) in [6.07, 6.45) is 0. The molecule has 2 aromatic heterocycles. The Morgan fingerprint density at radius 3 is 3.00 bits per heavy atom. The van der Waals surface area contributed by atoms with Gasteiger partial charge in [-0.3, -0.25) is 5.32 Å². The average Bonchev–Trinajstić information content (AvgIpc) is 3.07. The Balaban J connectivity index is 1.82. The molecule has 0 aliphatic heterocycles. The van der Waals surface area contributed by atoms with Crippen molar-refractivity contribution in [2.75, 3.05) is 11.9 Å². The number of furan rings is 1. The third kappa shape index (κ3) is 3.79. The summed E-state index contributed by atoms with van der Waals surface area (Å²) in [4.78, 5) is 22.9. The lowest BCUT2D eigenvalue weighted by molar-refractivity contribution is 0.0488. The third-order valence-corrected chi connectivity index (χ3v) is 2.75. The van der Waals surface area contributed by atoms with Crippen molar-refractivity contribution in [2.24, 2.45) is 0 Å². The van der Waals surface area contributed by atoms with Crippen molar-refractivity contribution in [3.63, 3.8) is 0 Å². The Morgan fingerprint density at radius 2 is 2.30 bits per heavy atom. The van der Waals surface area contributed by atoms with E-state index in [1.807, 2.05) is 0 Å². The molecule has 2 aromatic rings. The number of aromatic nitrogens is 2. The molecule has 106 valence electrons. The Bertz CT molecular complexity index is 581. The van der Waals surface area contributed by atoms with Crippen LogP contribution in [0.2, 0.25) is 0 Å². The van der Waals surface area contributed by atoms with E-state index in [0.717, 1.165) is 0 Å². The smallest absolute Gasteiger partial charge is 0.374 e. The average molecular weight is 296 g/mol. The Morgan fingerprint density at radius 1 is 1.45 bits per heavy atom. The second kappa shape index (κ2) is 6.66. The minimum Gasteiger partial charge on any atom is -0.460 e. The van der Waals surface area contributed by atoms with Crippen LogP contribution in [0.1, 0.15) is 23.2 Å². The SMILES string of the molecule is CCOC(=O)c1ccc(CNC(=O)Nc2nncs2)o1. The number of nitrogens with one attached hydrogen (secondary N) is 2. The first-order valence-corrected chi connectivity index (χ1v) is 6.64. The van der Waals surface area contributed by atoms with Gasteiger partial charge < -0.3 is 14.5 Å². The van der Waals surface area contributed by atoms with Crippen molar-refractivity contribution in [2.45, 2.75) is 13.5 Å². The number of rotatable bonds is 5. The summed E-state index contributed by atoms with van der Waals surface area (Å²) in [6, 6.07) is 2.66.